The first kappa shape index (κ1) is 21.8. The van der Waals surface area contributed by atoms with Gasteiger partial charge in [0.1, 0.15) is 11.4 Å². The van der Waals surface area contributed by atoms with Crippen LogP contribution in [0.3, 0.4) is 0 Å². The number of hydrogen-bond acceptors (Lipinski definition) is 4. The lowest BCUT2D eigenvalue weighted by Gasteiger charge is -2.45. The van der Waals surface area contributed by atoms with E-state index < -0.39 is 17.0 Å². The van der Waals surface area contributed by atoms with Crippen molar-refractivity contribution in [1.29, 1.82) is 0 Å². The van der Waals surface area contributed by atoms with Gasteiger partial charge in [-0.2, -0.15) is 0 Å². The summed E-state index contributed by atoms with van der Waals surface area (Å²) in [5.74, 6) is -0.957. The van der Waals surface area contributed by atoms with Crippen molar-refractivity contribution >= 4 is 11.8 Å². The van der Waals surface area contributed by atoms with E-state index in [9.17, 15) is 19.1 Å². The predicted octanol–water partition coefficient (Wildman–Crippen LogP) is 4.09. The largest absolute Gasteiger partial charge is 0.466 e. The van der Waals surface area contributed by atoms with Gasteiger partial charge in [0.05, 0.1) is 7.11 Å². The van der Waals surface area contributed by atoms with E-state index in [1.807, 2.05) is 13.8 Å². The predicted molar refractivity (Wildman–Crippen MR) is 106 cm³/mol. The molecule has 0 unspecified atom stereocenters. The second-order valence-corrected chi connectivity index (χ2v) is 7.87. The molecule has 0 saturated carbocycles. The lowest BCUT2D eigenvalue weighted by molar-refractivity contribution is -0.134. The van der Waals surface area contributed by atoms with Gasteiger partial charge >= 0.3 is 5.97 Å². The lowest BCUT2D eigenvalue weighted by atomic mass is 9.62. The van der Waals surface area contributed by atoms with Crippen LogP contribution in [0.2, 0.25) is 0 Å². The van der Waals surface area contributed by atoms with Crippen molar-refractivity contribution in [2.75, 3.05) is 7.11 Å². The molecule has 4 nitrogen and oxygen atoms in total. The smallest absolute Gasteiger partial charge is 0.330 e. The Kier molecular flexibility index (Phi) is 6.40. The summed E-state index contributed by atoms with van der Waals surface area (Å²) in [7, 11) is 1.29. The van der Waals surface area contributed by atoms with Crippen LogP contribution in [0.25, 0.3) is 0 Å². The van der Waals surface area contributed by atoms with Gasteiger partial charge < -0.3 is 9.84 Å². The SMILES string of the molecule is COC(=O)C=C(C)C=C[C@@]1(O)C(C)=C(Cc2ccccc2F)C(=O)CC1(C)C. The van der Waals surface area contributed by atoms with E-state index in [0.29, 0.717) is 22.3 Å². The number of Topliss-reactive ketones (excluding diaryl/α,β-unsaturated/α-hetero) is 1. The summed E-state index contributed by atoms with van der Waals surface area (Å²) in [6.45, 7) is 7.06. The molecule has 0 bridgehead atoms. The van der Waals surface area contributed by atoms with Crippen LogP contribution < -0.4 is 0 Å². The number of hydrogen-bond donors (Lipinski definition) is 1. The molecule has 0 aliphatic heterocycles. The molecule has 150 valence electrons. The molecular formula is C23H27FO4. The van der Waals surface area contributed by atoms with Gasteiger partial charge in [0.25, 0.3) is 0 Å². The average Bonchev–Trinajstić information content (AvgIpc) is 2.63. The number of ether oxygens (including phenoxy) is 1. The Balaban J connectivity index is 2.49. The van der Waals surface area contributed by atoms with Crippen LogP contribution in [0.1, 0.15) is 39.7 Å². The fourth-order valence-electron chi connectivity index (χ4n) is 3.55. The molecule has 0 aromatic heterocycles. The molecule has 0 amide bonds. The molecule has 1 atom stereocenters. The number of benzene rings is 1. The van der Waals surface area contributed by atoms with Crippen LogP contribution in [0.4, 0.5) is 4.39 Å². The minimum absolute atomic E-state index is 0.0920. The number of halogens is 1. The van der Waals surface area contributed by atoms with Crippen molar-refractivity contribution in [1.82, 2.24) is 0 Å². The molecule has 1 aromatic carbocycles. The van der Waals surface area contributed by atoms with Crippen molar-refractivity contribution in [3.8, 4) is 0 Å². The highest BCUT2D eigenvalue weighted by atomic mass is 19.1. The fraction of sp³-hybridized carbons (Fsp3) is 0.391. The van der Waals surface area contributed by atoms with Gasteiger partial charge in [-0.25, -0.2) is 9.18 Å². The third-order valence-electron chi connectivity index (χ3n) is 5.45. The number of ketones is 1. The Labute approximate surface area is 165 Å². The van der Waals surface area contributed by atoms with Gasteiger partial charge in [-0.1, -0.05) is 38.1 Å². The molecule has 0 heterocycles. The highest BCUT2D eigenvalue weighted by Crippen LogP contribution is 2.47. The number of allylic oxidation sites excluding steroid dienone is 3. The molecule has 0 radical (unpaired) electrons. The second-order valence-electron chi connectivity index (χ2n) is 7.87. The summed E-state index contributed by atoms with van der Waals surface area (Å²) in [5, 5.41) is 11.5. The van der Waals surface area contributed by atoms with Crippen LogP contribution >= 0.6 is 0 Å². The maximum Gasteiger partial charge on any atom is 0.330 e. The van der Waals surface area contributed by atoms with E-state index in [-0.39, 0.29) is 24.4 Å². The van der Waals surface area contributed by atoms with Crippen LogP contribution in [-0.4, -0.2) is 29.6 Å². The Morgan fingerprint density at radius 3 is 2.57 bits per heavy atom. The lowest BCUT2D eigenvalue weighted by Crippen LogP contribution is -2.49. The van der Waals surface area contributed by atoms with E-state index in [4.69, 9.17) is 0 Å². The van der Waals surface area contributed by atoms with Crippen LogP contribution in [0.5, 0.6) is 0 Å². The van der Waals surface area contributed by atoms with Gasteiger partial charge in [-0.3, -0.25) is 4.79 Å². The second kappa shape index (κ2) is 8.23. The number of carbonyl (C=O) groups is 2. The van der Waals surface area contributed by atoms with Gasteiger partial charge in [0.15, 0.2) is 5.78 Å². The summed E-state index contributed by atoms with van der Waals surface area (Å²) in [6, 6.07) is 6.32. The van der Waals surface area contributed by atoms with E-state index >= 15 is 0 Å². The monoisotopic (exact) mass is 386 g/mol. The Morgan fingerprint density at radius 2 is 1.96 bits per heavy atom. The molecule has 1 aliphatic carbocycles. The minimum atomic E-state index is -1.41. The molecule has 1 N–H and O–H groups in total. The number of rotatable bonds is 5. The normalized spacial score (nSPS) is 22.7. The van der Waals surface area contributed by atoms with Gasteiger partial charge in [0.2, 0.25) is 0 Å². The molecular weight excluding hydrogens is 359 g/mol. The molecule has 1 aliphatic rings. The van der Waals surface area contributed by atoms with Crippen molar-refractivity contribution < 1.29 is 23.8 Å². The Hall–Kier alpha value is -2.53. The highest BCUT2D eigenvalue weighted by Gasteiger charge is 2.49. The summed E-state index contributed by atoms with van der Waals surface area (Å²) in [6.07, 6.45) is 4.82. The Morgan fingerprint density at radius 1 is 1.32 bits per heavy atom. The van der Waals surface area contributed by atoms with Crippen LogP contribution in [-0.2, 0) is 20.7 Å². The summed E-state index contributed by atoms with van der Waals surface area (Å²) >= 11 is 0. The van der Waals surface area contributed by atoms with Crippen molar-refractivity contribution in [2.24, 2.45) is 5.41 Å². The van der Waals surface area contributed by atoms with E-state index in [1.165, 1.54) is 19.3 Å². The van der Waals surface area contributed by atoms with Crippen molar-refractivity contribution in [3.63, 3.8) is 0 Å². The minimum Gasteiger partial charge on any atom is -0.466 e. The summed E-state index contributed by atoms with van der Waals surface area (Å²) < 4.78 is 18.7. The summed E-state index contributed by atoms with van der Waals surface area (Å²) in [4.78, 5) is 24.1. The van der Waals surface area contributed by atoms with Crippen molar-refractivity contribution in [3.05, 3.63) is 70.6 Å². The first-order valence-electron chi connectivity index (χ1n) is 9.16. The Bertz CT molecular complexity index is 876. The number of carbonyl (C=O) groups excluding carboxylic acids is 2. The number of esters is 1. The average molecular weight is 386 g/mol. The van der Waals surface area contributed by atoms with Crippen molar-refractivity contribution in [2.45, 2.75) is 46.1 Å². The maximum absolute atomic E-state index is 14.1. The first-order valence-corrected chi connectivity index (χ1v) is 9.16. The maximum atomic E-state index is 14.1. The third kappa shape index (κ3) is 4.30. The molecule has 0 spiro atoms. The highest BCUT2D eigenvalue weighted by molar-refractivity contribution is 5.98. The van der Waals surface area contributed by atoms with Crippen LogP contribution in [0, 0.1) is 11.2 Å². The van der Waals surface area contributed by atoms with E-state index in [2.05, 4.69) is 4.74 Å². The summed E-state index contributed by atoms with van der Waals surface area (Å²) in [5.41, 5.74) is -0.221. The zero-order chi connectivity index (χ0) is 21.1. The van der Waals surface area contributed by atoms with Crippen LogP contribution in [0.15, 0.2) is 59.2 Å². The topological polar surface area (TPSA) is 63.6 Å². The number of methoxy groups -OCH3 is 1. The molecule has 5 heteroatoms. The molecule has 0 fully saturated rings. The molecule has 0 saturated heterocycles. The zero-order valence-electron chi connectivity index (χ0n) is 17.0. The molecule has 2 rings (SSSR count). The molecule has 28 heavy (non-hydrogen) atoms. The van der Waals surface area contributed by atoms with E-state index in [0.717, 1.165) is 0 Å². The van der Waals surface area contributed by atoms with Gasteiger partial charge in [-0.15, -0.1) is 0 Å². The fourth-order valence-corrected chi connectivity index (χ4v) is 3.55. The molecule has 1 aromatic rings. The van der Waals surface area contributed by atoms with Gasteiger partial charge in [-0.05, 0) is 42.7 Å². The van der Waals surface area contributed by atoms with Gasteiger partial charge in [0, 0.05) is 29.9 Å². The standard InChI is InChI=1S/C23H27FO4/c1-15(12-21(26)28-5)10-11-23(27)16(2)18(20(25)14-22(23,3)4)13-17-8-6-7-9-19(17)24/h6-12,27H,13-14H2,1-5H3/t23-/m1/s1. The number of aliphatic hydroxyl groups is 1. The zero-order valence-corrected chi connectivity index (χ0v) is 17.0. The quantitative estimate of drug-likeness (QED) is 0.470. The first-order chi connectivity index (χ1) is 13.0. The third-order valence-corrected chi connectivity index (χ3v) is 5.45. The van der Waals surface area contributed by atoms with E-state index in [1.54, 1.807) is 44.2 Å².